The van der Waals surface area contributed by atoms with Gasteiger partial charge in [0, 0.05) is 41.0 Å². The van der Waals surface area contributed by atoms with Crippen LogP contribution in [0.1, 0.15) is 22.4 Å². The van der Waals surface area contributed by atoms with Crippen LogP contribution in [0.5, 0.6) is 11.5 Å². The van der Waals surface area contributed by atoms with Gasteiger partial charge in [-0.05, 0) is 70.4 Å². The van der Waals surface area contributed by atoms with Gasteiger partial charge in [0.1, 0.15) is 0 Å². The molecule has 6 aromatic carbocycles. The Morgan fingerprint density at radius 2 is 1.08 bits per heavy atom. The first-order valence-corrected chi connectivity index (χ1v) is 17.0. The molecule has 0 spiro atoms. The predicted molar refractivity (Wildman–Crippen MR) is 204 cm³/mol. The van der Waals surface area contributed by atoms with Crippen molar-refractivity contribution in [1.82, 2.24) is 9.97 Å². The maximum atomic E-state index is 6.54. The van der Waals surface area contributed by atoms with Crippen molar-refractivity contribution in [3.05, 3.63) is 223 Å². The molecule has 0 bridgehead atoms. The second kappa shape index (κ2) is 14.3. The summed E-state index contributed by atoms with van der Waals surface area (Å²) < 4.78 is 6.54. The molecule has 9 rings (SSSR count). The predicted octanol–water partition coefficient (Wildman–Crippen LogP) is 11.4. The van der Waals surface area contributed by atoms with Crippen LogP contribution in [-0.2, 0) is 26.5 Å². The first kappa shape index (κ1) is 33.1. The quantitative estimate of drug-likeness (QED) is 0.143. The summed E-state index contributed by atoms with van der Waals surface area (Å²) in [5, 5.41) is 0. The molecule has 0 fully saturated rings. The topological polar surface area (TPSA) is 38.2 Å². The number of ether oxygens (including phenoxy) is 1. The van der Waals surface area contributed by atoms with Crippen LogP contribution in [0, 0.1) is 12.1 Å². The first-order valence-electron chi connectivity index (χ1n) is 17.0. The maximum absolute atomic E-state index is 6.54. The van der Waals surface area contributed by atoms with Crippen LogP contribution in [0.2, 0.25) is 0 Å². The number of rotatable bonds is 8. The molecule has 0 saturated heterocycles. The van der Waals surface area contributed by atoms with E-state index in [1.807, 2.05) is 67.0 Å². The van der Waals surface area contributed by atoms with Crippen LogP contribution in [0.4, 0.5) is 17.1 Å². The van der Waals surface area contributed by atoms with E-state index in [1.165, 1.54) is 22.3 Å². The number of hydrogen-bond acceptors (Lipinski definition) is 4. The van der Waals surface area contributed by atoms with Gasteiger partial charge in [0.05, 0.1) is 11.1 Å². The van der Waals surface area contributed by atoms with Crippen molar-refractivity contribution < 1.29 is 25.8 Å². The summed E-state index contributed by atoms with van der Waals surface area (Å²) in [6.07, 6.45) is 3.71. The Balaban J connectivity index is 0.00000387. The van der Waals surface area contributed by atoms with Gasteiger partial charge in [0.15, 0.2) is 0 Å². The van der Waals surface area contributed by atoms with E-state index in [4.69, 9.17) is 14.7 Å². The number of anilines is 3. The summed E-state index contributed by atoms with van der Waals surface area (Å²) in [6.45, 7) is 0. The molecule has 0 unspecified atom stereocenters. The normalized spacial score (nSPS) is 12.2. The van der Waals surface area contributed by atoms with Crippen molar-refractivity contribution >= 4 is 17.1 Å². The molecule has 0 saturated carbocycles. The molecule has 1 aliphatic rings. The number of benzene rings is 6. The molecule has 2 aromatic heterocycles. The zero-order valence-electron chi connectivity index (χ0n) is 28.0. The molecule has 0 atom stereocenters. The van der Waals surface area contributed by atoms with E-state index < -0.39 is 5.41 Å². The Morgan fingerprint density at radius 3 is 1.73 bits per heavy atom. The summed E-state index contributed by atoms with van der Waals surface area (Å²) in [7, 11) is 0. The molecule has 5 heteroatoms. The molecule has 250 valence electrons. The minimum absolute atomic E-state index is 0. The molecule has 8 aromatic rings. The Morgan fingerprint density at radius 1 is 0.481 bits per heavy atom. The minimum atomic E-state index is -0.660. The van der Waals surface area contributed by atoms with Gasteiger partial charge in [0.25, 0.3) is 0 Å². The number of pyridine rings is 2. The summed E-state index contributed by atoms with van der Waals surface area (Å²) in [5.74, 6) is 1.18. The molecule has 1 aliphatic carbocycles. The molecule has 0 radical (unpaired) electrons. The van der Waals surface area contributed by atoms with E-state index in [2.05, 4.69) is 138 Å². The zero-order chi connectivity index (χ0) is 34.0. The fraction of sp³-hybridized carbons (Fsp3) is 0.0213. The van der Waals surface area contributed by atoms with Gasteiger partial charge in [-0.15, -0.1) is 41.5 Å². The largest absolute Gasteiger partial charge is 2.00 e. The van der Waals surface area contributed by atoms with Crippen LogP contribution in [0.25, 0.3) is 22.4 Å². The van der Waals surface area contributed by atoms with E-state index in [0.29, 0.717) is 11.5 Å². The second-order valence-electron chi connectivity index (χ2n) is 12.4. The van der Waals surface area contributed by atoms with Crippen LogP contribution >= 0.6 is 0 Å². The third-order valence-electron chi connectivity index (χ3n) is 9.47. The molecular weight excluding hydrogens is 818 g/mol. The van der Waals surface area contributed by atoms with Crippen LogP contribution in [-0.4, -0.2) is 9.97 Å². The van der Waals surface area contributed by atoms with E-state index in [1.54, 1.807) is 0 Å². The molecule has 0 aliphatic heterocycles. The number of para-hydroxylation sites is 2. The molecule has 4 nitrogen and oxygen atoms in total. The molecule has 0 N–H and O–H groups in total. The van der Waals surface area contributed by atoms with E-state index in [9.17, 15) is 0 Å². The molecule has 52 heavy (non-hydrogen) atoms. The summed E-state index contributed by atoms with van der Waals surface area (Å²) in [4.78, 5) is 11.9. The van der Waals surface area contributed by atoms with Crippen LogP contribution < -0.4 is 9.64 Å². The molecule has 0 amide bonds. The van der Waals surface area contributed by atoms with Gasteiger partial charge >= 0.3 is 21.1 Å². The first-order chi connectivity index (χ1) is 25.3. The molecular formula is C47H31N3OPt. The fourth-order valence-corrected chi connectivity index (χ4v) is 7.33. The Labute approximate surface area is 318 Å². The van der Waals surface area contributed by atoms with Crippen molar-refractivity contribution in [2.45, 2.75) is 5.41 Å². The summed E-state index contributed by atoms with van der Waals surface area (Å²) in [6, 6.07) is 67.3. The number of fused-ring (bicyclic) bond motifs is 3. The summed E-state index contributed by atoms with van der Waals surface area (Å²) in [5.41, 5.74) is 10.7. The van der Waals surface area contributed by atoms with Crippen LogP contribution in [0.15, 0.2) is 188 Å². The Kier molecular flexibility index (Phi) is 9.07. The number of nitrogens with zero attached hydrogens (tertiary/aromatic N) is 3. The molecule has 2 heterocycles. The zero-order valence-corrected chi connectivity index (χ0v) is 30.2. The van der Waals surface area contributed by atoms with Gasteiger partial charge in [-0.3, -0.25) is 4.98 Å². The SMILES string of the molecule is [Pt+2].[c-]1c(Oc2[c-]c(C3(c4ccccn4)c4ccccc4-c4ccccc43)ccc2)cccc1-c1cc(N(c2ccccc2)c2ccccc2)ccn1. The van der Waals surface area contributed by atoms with Gasteiger partial charge in [0.2, 0.25) is 0 Å². The number of aromatic nitrogens is 2. The maximum Gasteiger partial charge on any atom is 2.00 e. The third kappa shape index (κ3) is 5.81. The Hall–Kier alpha value is -6.09. The average molecular weight is 849 g/mol. The smallest absolute Gasteiger partial charge is 0.503 e. The van der Waals surface area contributed by atoms with Gasteiger partial charge in [-0.2, -0.15) is 12.1 Å². The van der Waals surface area contributed by atoms with Gasteiger partial charge in [-0.1, -0.05) is 103 Å². The van der Waals surface area contributed by atoms with E-state index in [-0.39, 0.29) is 21.1 Å². The average Bonchev–Trinajstić information content (AvgIpc) is 3.51. The fourth-order valence-electron chi connectivity index (χ4n) is 7.33. The van der Waals surface area contributed by atoms with Crippen molar-refractivity contribution in [2.75, 3.05) is 4.90 Å². The van der Waals surface area contributed by atoms with Crippen molar-refractivity contribution in [3.8, 4) is 33.9 Å². The van der Waals surface area contributed by atoms with Gasteiger partial charge in [-0.25, -0.2) is 0 Å². The van der Waals surface area contributed by atoms with Crippen molar-refractivity contribution in [1.29, 1.82) is 0 Å². The summed E-state index contributed by atoms with van der Waals surface area (Å²) >= 11 is 0. The van der Waals surface area contributed by atoms with E-state index >= 15 is 0 Å². The second-order valence-corrected chi connectivity index (χ2v) is 12.4. The standard InChI is InChI=1S/C47H31N3O.Pt/c1-3-17-36(18-4-1)50(37-19-5-2-6-20-37)38-28-30-48-45(33-38)34-15-13-21-39(31-34)51-40-22-14-16-35(32-40)47(46-27-11-12-29-49-46)43-25-9-7-23-41(43)42-24-8-10-26-44(42)47;/h1-30,33H;/q-2;+2. The van der Waals surface area contributed by atoms with Crippen molar-refractivity contribution in [2.24, 2.45) is 0 Å². The van der Waals surface area contributed by atoms with E-state index in [0.717, 1.165) is 39.6 Å². The monoisotopic (exact) mass is 848 g/mol. The minimum Gasteiger partial charge on any atom is -0.503 e. The van der Waals surface area contributed by atoms with Gasteiger partial charge < -0.3 is 14.6 Å². The Bertz CT molecular complexity index is 2390. The van der Waals surface area contributed by atoms with Crippen LogP contribution in [0.3, 0.4) is 0 Å². The van der Waals surface area contributed by atoms with Crippen molar-refractivity contribution in [3.63, 3.8) is 0 Å². The third-order valence-corrected chi connectivity index (χ3v) is 9.47. The number of hydrogen-bond donors (Lipinski definition) is 0.